The van der Waals surface area contributed by atoms with Gasteiger partial charge in [0, 0.05) is 10.6 Å². The number of nitrogens with one attached hydrogen (secondary N) is 3. The summed E-state index contributed by atoms with van der Waals surface area (Å²) in [6.45, 7) is 1.91. The zero-order valence-corrected chi connectivity index (χ0v) is 21.9. The first-order valence-electron chi connectivity index (χ1n) is 11.4. The number of halogens is 4. The smallest absolute Gasteiger partial charge is 0.433 e. The van der Waals surface area contributed by atoms with Crippen molar-refractivity contribution in [1.82, 2.24) is 15.2 Å². The second-order valence-electron chi connectivity index (χ2n) is 8.08. The van der Waals surface area contributed by atoms with E-state index in [1.54, 1.807) is 49.4 Å². The van der Waals surface area contributed by atoms with Crippen LogP contribution in [0.5, 0.6) is 5.75 Å². The van der Waals surface area contributed by atoms with Gasteiger partial charge in [-0.1, -0.05) is 35.9 Å². The summed E-state index contributed by atoms with van der Waals surface area (Å²) < 4.78 is 60.3. The highest BCUT2D eigenvalue weighted by Gasteiger charge is 2.32. The van der Waals surface area contributed by atoms with Gasteiger partial charge in [-0.3, -0.25) is 9.89 Å². The molecule has 2 aromatic heterocycles. The molecule has 0 saturated heterocycles. The number of pyridine rings is 1. The fourth-order valence-corrected chi connectivity index (χ4v) is 4.17. The Morgan fingerprint density at radius 3 is 2.59 bits per heavy atom. The Morgan fingerprint density at radius 1 is 1.18 bits per heavy atom. The molecule has 0 fully saturated rings. The van der Waals surface area contributed by atoms with Gasteiger partial charge in [0.25, 0.3) is 5.91 Å². The molecule has 14 heteroatoms. The number of anilines is 3. The first kappa shape index (κ1) is 28.1. The van der Waals surface area contributed by atoms with Crippen molar-refractivity contribution in [2.24, 2.45) is 5.73 Å². The molecule has 0 aliphatic carbocycles. The summed E-state index contributed by atoms with van der Waals surface area (Å²) in [6.07, 6.45) is -4.65. The van der Waals surface area contributed by atoms with E-state index in [1.807, 2.05) is 0 Å². The summed E-state index contributed by atoms with van der Waals surface area (Å²) in [5.41, 5.74) is 6.20. The summed E-state index contributed by atoms with van der Waals surface area (Å²) >= 11 is 4.58. The number of aromatic amines is 1. The van der Waals surface area contributed by atoms with Gasteiger partial charge in [0.1, 0.15) is 52.4 Å². The molecule has 1 unspecified atom stereocenters. The minimum atomic E-state index is -4.65. The maximum absolute atomic E-state index is 13.1. The largest absolute Gasteiger partial charge is 0.593 e. The van der Waals surface area contributed by atoms with Gasteiger partial charge in [-0.2, -0.15) is 18.3 Å². The minimum Gasteiger partial charge on any atom is -0.593 e. The highest BCUT2D eigenvalue weighted by atomic mass is 35.5. The number of ether oxygens (including phenoxy) is 1. The molecular formula is C25H22ClF3N6O3S. The third-order valence-corrected chi connectivity index (χ3v) is 6.58. The number of nitrogens with zero attached hydrogens (tertiary/aromatic N) is 2. The number of hydrogen-bond donors (Lipinski definition) is 4. The molecule has 0 radical (unpaired) electrons. The van der Waals surface area contributed by atoms with Crippen LogP contribution >= 0.6 is 11.6 Å². The Labute approximate surface area is 229 Å². The van der Waals surface area contributed by atoms with Crippen LogP contribution in [0.25, 0.3) is 11.3 Å². The Bertz CT molecular complexity index is 1470. The topological polar surface area (TPSA) is 141 Å². The number of H-pyrrole nitrogens is 1. The van der Waals surface area contributed by atoms with Gasteiger partial charge in [0.05, 0.1) is 11.4 Å². The van der Waals surface area contributed by atoms with Crippen LogP contribution < -0.4 is 20.5 Å². The first-order valence-corrected chi connectivity index (χ1v) is 13.1. The lowest BCUT2D eigenvalue weighted by molar-refractivity contribution is -0.141. The molecule has 0 aliphatic heterocycles. The van der Waals surface area contributed by atoms with Gasteiger partial charge in [-0.05, 0) is 48.9 Å². The summed E-state index contributed by atoms with van der Waals surface area (Å²) in [6, 6.07) is 15.1. The Balaban J connectivity index is 1.68. The molecule has 204 valence electrons. The van der Waals surface area contributed by atoms with Gasteiger partial charge < -0.3 is 20.3 Å². The highest BCUT2D eigenvalue weighted by molar-refractivity contribution is 7.92. The van der Waals surface area contributed by atoms with Gasteiger partial charge in [0.15, 0.2) is 0 Å². The zero-order chi connectivity index (χ0) is 28.2. The summed E-state index contributed by atoms with van der Waals surface area (Å²) in [5, 5.41) is 9.98. The van der Waals surface area contributed by atoms with Crippen molar-refractivity contribution in [2.75, 3.05) is 15.8 Å². The molecule has 2 heterocycles. The van der Waals surface area contributed by atoms with Crippen LogP contribution in [0.3, 0.4) is 0 Å². The fraction of sp³-hybridized carbons (Fsp3) is 0.160. The van der Waals surface area contributed by atoms with E-state index >= 15 is 0 Å². The lowest BCUT2D eigenvalue weighted by atomic mass is 10.1. The Hall–Kier alpha value is -3.94. The average Bonchev–Trinajstić information content (AvgIpc) is 3.32. The molecule has 0 saturated carbocycles. The third-order valence-electron chi connectivity index (χ3n) is 5.35. The SMILES string of the molecule is CC[S+]([O-])Nc1ccc(-c2n[nH]c(Nc3cccc(C(F)(F)F)n3)c2C(N)=O)cc1OCc1ccc(Cl)cc1. The number of benzene rings is 2. The van der Waals surface area contributed by atoms with Crippen molar-refractivity contribution in [3.63, 3.8) is 0 Å². The third kappa shape index (κ3) is 6.93. The number of nitrogens with two attached hydrogens (primary N) is 1. The van der Waals surface area contributed by atoms with E-state index in [0.29, 0.717) is 27.8 Å². The minimum absolute atomic E-state index is 0.0396. The predicted octanol–water partition coefficient (Wildman–Crippen LogP) is 5.66. The van der Waals surface area contributed by atoms with Crippen LogP contribution in [0, 0.1) is 0 Å². The van der Waals surface area contributed by atoms with Gasteiger partial charge in [0.2, 0.25) is 0 Å². The van der Waals surface area contributed by atoms with Crippen LogP contribution in [0.1, 0.15) is 28.5 Å². The van der Waals surface area contributed by atoms with E-state index in [1.165, 1.54) is 12.1 Å². The van der Waals surface area contributed by atoms with E-state index in [-0.39, 0.29) is 29.5 Å². The first-order chi connectivity index (χ1) is 18.5. The Morgan fingerprint density at radius 2 is 1.92 bits per heavy atom. The molecule has 4 rings (SSSR count). The number of alkyl halides is 3. The summed E-state index contributed by atoms with van der Waals surface area (Å²) in [4.78, 5) is 15.9. The number of hydrogen-bond acceptors (Lipinski definition) is 7. The van der Waals surface area contributed by atoms with Crippen molar-refractivity contribution in [3.8, 4) is 17.0 Å². The number of aromatic nitrogens is 3. The zero-order valence-electron chi connectivity index (χ0n) is 20.3. The number of amides is 1. The summed E-state index contributed by atoms with van der Waals surface area (Å²) in [7, 11) is 0. The molecular weight excluding hydrogens is 557 g/mol. The molecule has 0 spiro atoms. The molecule has 4 aromatic rings. The fourth-order valence-electron chi connectivity index (χ4n) is 3.48. The van der Waals surface area contributed by atoms with Gasteiger partial charge in [-0.25, -0.2) is 9.71 Å². The number of primary amides is 1. The van der Waals surface area contributed by atoms with Gasteiger partial charge >= 0.3 is 6.18 Å². The van der Waals surface area contributed by atoms with E-state index in [0.717, 1.165) is 11.6 Å². The summed E-state index contributed by atoms with van der Waals surface area (Å²) in [5.74, 6) is -0.427. The van der Waals surface area contributed by atoms with Crippen molar-refractivity contribution < 1.29 is 27.3 Å². The molecule has 5 N–H and O–H groups in total. The molecule has 2 aromatic carbocycles. The quantitative estimate of drug-likeness (QED) is 0.178. The lowest BCUT2D eigenvalue weighted by Crippen LogP contribution is -2.16. The monoisotopic (exact) mass is 578 g/mol. The highest BCUT2D eigenvalue weighted by Crippen LogP contribution is 2.35. The number of carbonyl (C=O) groups excluding carboxylic acids is 1. The van der Waals surface area contributed by atoms with E-state index in [9.17, 15) is 22.5 Å². The van der Waals surface area contributed by atoms with Gasteiger partial charge in [-0.15, -0.1) is 0 Å². The second kappa shape index (κ2) is 11.8. The lowest BCUT2D eigenvalue weighted by Gasteiger charge is -2.16. The number of carbonyl (C=O) groups is 1. The van der Waals surface area contributed by atoms with Crippen molar-refractivity contribution in [1.29, 1.82) is 0 Å². The van der Waals surface area contributed by atoms with Crippen molar-refractivity contribution >= 4 is 46.2 Å². The van der Waals surface area contributed by atoms with Crippen LogP contribution in [-0.4, -0.2) is 31.4 Å². The Kier molecular flexibility index (Phi) is 8.53. The van der Waals surface area contributed by atoms with Crippen LogP contribution in [0.2, 0.25) is 5.02 Å². The molecule has 0 aliphatic rings. The van der Waals surface area contributed by atoms with Crippen LogP contribution in [0.4, 0.5) is 30.5 Å². The molecule has 1 amide bonds. The molecule has 1 atom stereocenters. The standard InChI is InChI=1S/C25H22ClF3N6O3S/c1-2-39(37)35-17-11-8-15(12-18(17)38-13-14-6-9-16(26)10-7-14)22-21(23(30)36)24(34-33-22)32-20-5-3-4-19(31-20)25(27,28)29/h3-12,35H,2,13H2,1H3,(H2,30,36)(H2,31,32,33,34). The van der Waals surface area contributed by atoms with Crippen molar-refractivity contribution in [3.05, 3.63) is 82.5 Å². The number of rotatable bonds is 10. The maximum Gasteiger partial charge on any atom is 0.433 e. The predicted molar refractivity (Wildman–Crippen MR) is 143 cm³/mol. The van der Waals surface area contributed by atoms with E-state index < -0.39 is 29.1 Å². The van der Waals surface area contributed by atoms with E-state index in [2.05, 4.69) is 25.2 Å². The maximum atomic E-state index is 13.1. The van der Waals surface area contributed by atoms with Crippen molar-refractivity contribution in [2.45, 2.75) is 19.7 Å². The molecule has 9 nitrogen and oxygen atoms in total. The molecule has 39 heavy (non-hydrogen) atoms. The molecule has 0 bridgehead atoms. The van der Waals surface area contributed by atoms with Crippen LogP contribution in [-0.2, 0) is 24.1 Å². The van der Waals surface area contributed by atoms with Crippen LogP contribution in [0.15, 0.2) is 60.7 Å². The second-order valence-corrected chi connectivity index (χ2v) is 9.99. The normalized spacial score (nSPS) is 12.2. The average molecular weight is 579 g/mol. The van der Waals surface area contributed by atoms with E-state index in [4.69, 9.17) is 22.1 Å².